The Morgan fingerprint density at radius 3 is 2.75 bits per heavy atom. The molecule has 3 heterocycles. The van der Waals surface area contributed by atoms with E-state index >= 15 is 0 Å². The van der Waals surface area contributed by atoms with E-state index in [2.05, 4.69) is 15.0 Å². The van der Waals surface area contributed by atoms with Crippen LogP contribution >= 0.6 is 0 Å². The normalized spacial score (nSPS) is 16.4. The molecule has 0 bridgehead atoms. The van der Waals surface area contributed by atoms with Gasteiger partial charge in [0.2, 0.25) is 5.82 Å². The molecule has 0 amide bonds. The van der Waals surface area contributed by atoms with Crippen molar-refractivity contribution in [3.8, 4) is 22.6 Å². The van der Waals surface area contributed by atoms with Crippen LogP contribution in [0.5, 0.6) is 0 Å². The Morgan fingerprint density at radius 2 is 2.07 bits per heavy atom. The largest absolute Gasteiger partial charge is 0.391 e. The lowest BCUT2D eigenvalue weighted by Gasteiger charge is -2.18. The van der Waals surface area contributed by atoms with Gasteiger partial charge in [0.05, 0.1) is 16.7 Å². The maximum Gasteiger partial charge on any atom is 0.305 e. The summed E-state index contributed by atoms with van der Waals surface area (Å²) in [7, 11) is 0. The van der Waals surface area contributed by atoms with Crippen molar-refractivity contribution in [2.24, 2.45) is 0 Å². The number of anilines is 1. The summed E-state index contributed by atoms with van der Waals surface area (Å²) >= 11 is 0. The van der Waals surface area contributed by atoms with Crippen molar-refractivity contribution < 1.29 is 14.4 Å². The van der Waals surface area contributed by atoms with Crippen LogP contribution in [-0.2, 0) is 0 Å². The molecular weight excluding hydrogens is 365 g/mol. The van der Waals surface area contributed by atoms with Crippen molar-refractivity contribution in [2.75, 3.05) is 18.0 Å². The van der Waals surface area contributed by atoms with E-state index in [0.29, 0.717) is 48.0 Å². The van der Waals surface area contributed by atoms with E-state index < -0.39 is 22.5 Å². The fourth-order valence-electron chi connectivity index (χ4n) is 3.13. The standard InChI is InChI=1S/C19H16FN5O3/c20-15-4-3-12(8-17(15)25(27)28)16-9-18(24-7-5-14(26)11-24)23-19(22-16)13-2-1-6-21-10-13/h1-4,6,8-10,14,26H,5,7,11H2/t14-/m0/s1. The topological polar surface area (TPSA) is 105 Å². The number of nitrogens with zero attached hydrogens (tertiary/aromatic N) is 5. The molecule has 0 spiro atoms. The van der Waals surface area contributed by atoms with Crippen LogP contribution in [0.3, 0.4) is 0 Å². The number of hydrogen-bond acceptors (Lipinski definition) is 7. The van der Waals surface area contributed by atoms with Crippen molar-refractivity contribution in [3.05, 3.63) is 64.7 Å². The van der Waals surface area contributed by atoms with Crippen LogP contribution in [0, 0.1) is 15.9 Å². The van der Waals surface area contributed by atoms with E-state index in [9.17, 15) is 19.6 Å². The predicted octanol–water partition coefficient (Wildman–Crippen LogP) is 2.82. The molecule has 1 aliphatic heterocycles. The summed E-state index contributed by atoms with van der Waals surface area (Å²) in [5, 5.41) is 20.9. The van der Waals surface area contributed by atoms with Crippen LogP contribution in [0.4, 0.5) is 15.9 Å². The smallest absolute Gasteiger partial charge is 0.305 e. The summed E-state index contributed by atoms with van der Waals surface area (Å²) in [5.74, 6) is 0.0829. The Hall–Kier alpha value is -3.46. The Kier molecular flexibility index (Phi) is 4.66. The van der Waals surface area contributed by atoms with Crippen molar-refractivity contribution >= 4 is 11.5 Å². The lowest BCUT2D eigenvalue weighted by Crippen LogP contribution is -2.22. The number of β-amino-alcohol motifs (C(OH)–C–C–N with tert-alkyl or cyclic N) is 1. The SMILES string of the molecule is O=[N+]([O-])c1cc(-c2cc(N3CC[C@H](O)C3)nc(-c3cccnc3)n2)ccc1F. The highest BCUT2D eigenvalue weighted by atomic mass is 19.1. The minimum absolute atomic E-state index is 0.397. The van der Waals surface area contributed by atoms with Crippen LogP contribution in [0.1, 0.15) is 6.42 Å². The van der Waals surface area contributed by atoms with Gasteiger partial charge >= 0.3 is 5.69 Å². The molecule has 1 N–H and O–H groups in total. The first kappa shape index (κ1) is 17.9. The first-order chi connectivity index (χ1) is 13.5. The number of benzene rings is 1. The van der Waals surface area contributed by atoms with Crippen LogP contribution < -0.4 is 4.90 Å². The number of aromatic nitrogens is 3. The zero-order valence-corrected chi connectivity index (χ0v) is 14.7. The zero-order chi connectivity index (χ0) is 19.7. The van der Waals surface area contributed by atoms with Gasteiger partial charge in [-0.3, -0.25) is 15.1 Å². The third kappa shape index (κ3) is 3.52. The number of aliphatic hydroxyl groups is 1. The van der Waals surface area contributed by atoms with Crippen molar-refractivity contribution in [1.29, 1.82) is 0 Å². The summed E-state index contributed by atoms with van der Waals surface area (Å²) in [6, 6.07) is 8.91. The monoisotopic (exact) mass is 381 g/mol. The van der Waals surface area contributed by atoms with Gasteiger partial charge in [0.25, 0.3) is 0 Å². The molecule has 142 valence electrons. The first-order valence-corrected chi connectivity index (χ1v) is 8.68. The van der Waals surface area contributed by atoms with E-state index in [1.807, 2.05) is 11.0 Å². The Labute approximate surface area is 159 Å². The molecular formula is C19H16FN5O3. The summed E-state index contributed by atoms with van der Waals surface area (Å²) < 4.78 is 13.7. The van der Waals surface area contributed by atoms with Gasteiger partial charge in [-0.1, -0.05) is 0 Å². The van der Waals surface area contributed by atoms with Crippen molar-refractivity contribution in [1.82, 2.24) is 15.0 Å². The molecule has 0 radical (unpaired) electrons. The van der Waals surface area contributed by atoms with E-state index in [1.54, 1.807) is 24.5 Å². The first-order valence-electron chi connectivity index (χ1n) is 8.68. The molecule has 1 aliphatic rings. The number of nitro groups is 1. The van der Waals surface area contributed by atoms with Gasteiger partial charge in [-0.2, -0.15) is 4.39 Å². The van der Waals surface area contributed by atoms with Gasteiger partial charge in [0.1, 0.15) is 5.82 Å². The second kappa shape index (κ2) is 7.28. The molecule has 1 fully saturated rings. The summed E-state index contributed by atoms with van der Waals surface area (Å²) in [4.78, 5) is 25.4. The van der Waals surface area contributed by atoms with Gasteiger partial charge < -0.3 is 10.0 Å². The molecule has 28 heavy (non-hydrogen) atoms. The van der Waals surface area contributed by atoms with E-state index in [0.717, 1.165) is 12.1 Å². The molecule has 3 aromatic rings. The van der Waals surface area contributed by atoms with Crippen LogP contribution in [0.2, 0.25) is 0 Å². The highest BCUT2D eigenvalue weighted by Gasteiger charge is 2.23. The van der Waals surface area contributed by atoms with Gasteiger partial charge in [-0.25, -0.2) is 9.97 Å². The predicted molar refractivity (Wildman–Crippen MR) is 100 cm³/mol. The second-order valence-corrected chi connectivity index (χ2v) is 6.49. The van der Waals surface area contributed by atoms with Crippen molar-refractivity contribution in [2.45, 2.75) is 12.5 Å². The fraction of sp³-hybridized carbons (Fsp3) is 0.211. The number of aliphatic hydroxyl groups excluding tert-OH is 1. The highest BCUT2D eigenvalue weighted by Crippen LogP contribution is 2.30. The van der Waals surface area contributed by atoms with Gasteiger partial charge in [-0.15, -0.1) is 0 Å². The summed E-state index contributed by atoms with van der Waals surface area (Å²) in [6.45, 7) is 1.07. The van der Waals surface area contributed by atoms with Crippen molar-refractivity contribution in [3.63, 3.8) is 0 Å². The summed E-state index contributed by atoms with van der Waals surface area (Å²) in [5.41, 5.74) is 0.897. The van der Waals surface area contributed by atoms with E-state index in [4.69, 9.17) is 0 Å². The van der Waals surface area contributed by atoms with Crippen LogP contribution in [-0.4, -0.2) is 44.2 Å². The minimum Gasteiger partial charge on any atom is -0.391 e. The number of nitro benzene ring substituents is 1. The van der Waals surface area contributed by atoms with E-state index in [-0.39, 0.29) is 0 Å². The quantitative estimate of drug-likeness (QED) is 0.547. The molecule has 1 saturated heterocycles. The molecule has 0 saturated carbocycles. The third-order valence-corrected chi connectivity index (χ3v) is 4.56. The summed E-state index contributed by atoms with van der Waals surface area (Å²) in [6.07, 6.45) is 3.44. The molecule has 1 aromatic carbocycles. The molecule has 1 atom stereocenters. The zero-order valence-electron chi connectivity index (χ0n) is 14.7. The maximum absolute atomic E-state index is 13.7. The molecule has 2 aromatic heterocycles. The molecule has 8 nitrogen and oxygen atoms in total. The molecule has 4 rings (SSSR count). The number of pyridine rings is 1. The average Bonchev–Trinajstić information content (AvgIpc) is 3.15. The number of hydrogen-bond donors (Lipinski definition) is 1. The Morgan fingerprint density at radius 1 is 1.21 bits per heavy atom. The van der Waals surface area contributed by atoms with Gasteiger partial charge in [0.15, 0.2) is 5.82 Å². The molecule has 9 heteroatoms. The number of halogens is 1. The minimum atomic E-state index is -0.904. The van der Waals surface area contributed by atoms with Gasteiger partial charge in [0, 0.05) is 48.7 Å². The van der Waals surface area contributed by atoms with Gasteiger partial charge in [-0.05, 0) is 30.7 Å². The van der Waals surface area contributed by atoms with Crippen LogP contribution in [0.15, 0.2) is 48.8 Å². The lowest BCUT2D eigenvalue weighted by molar-refractivity contribution is -0.387. The third-order valence-electron chi connectivity index (χ3n) is 4.56. The molecule has 0 aliphatic carbocycles. The fourth-order valence-corrected chi connectivity index (χ4v) is 3.13. The Bertz CT molecular complexity index is 1030. The van der Waals surface area contributed by atoms with E-state index in [1.165, 1.54) is 6.07 Å². The number of rotatable bonds is 4. The lowest BCUT2D eigenvalue weighted by atomic mass is 10.1. The Balaban J connectivity index is 1.85. The molecule has 0 unspecified atom stereocenters. The second-order valence-electron chi connectivity index (χ2n) is 6.49. The maximum atomic E-state index is 13.7. The highest BCUT2D eigenvalue weighted by molar-refractivity contribution is 5.69. The van der Waals surface area contributed by atoms with Crippen LogP contribution in [0.25, 0.3) is 22.6 Å². The average molecular weight is 381 g/mol.